The van der Waals surface area contributed by atoms with Gasteiger partial charge in [0.1, 0.15) is 5.69 Å². The van der Waals surface area contributed by atoms with Crippen LogP contribution in [0.3, 0.4) is 0 Å². The molecule has 0 spiro atoms. The Balaban J connectivity index is 1.85. The zero-order valence-electron chi connectivity index (χ0n) is 13.6. The summed E-state index contributed by atoms with van der Waals surface area (Å²) in [6.45, 7) is 0. The fourth-order valence-electron chi connectivity index (χ4n) is 2.31. The van der Waals surface area contributed by atoms with Crippen molar-refractivity contribution in [2.75, 3.05) is 0 Å². The van der Waals surface area contributed by atoms with Crippen LogP contribution in [-0.4, -0.2) is 26.6 Å². The molecule has 3 N–H and O–H groups in total. The van der Waals surface area contributed by atoms with Crippen molar-refractivity contribution in [1.29, 1.82) is 0 Å². The van der Waals surface area contributed by atoms with Gasteiger partial charge in [-0.25, -0.2) is 4.68 Å². The summed E-state index contributed by atoms with van der Waals surface area (Å²) in [6.07, 6.45) is -2.63. The first-order chi connectivity index (χ1) is 13.2. The maximum absolute atomic E-state index is 13.6. The summed E-state index contributed by atoms with van der Waals surface area (Å²) < 4.78 is 41.9. The van der Waals surface area contributed by atoms with Crippen LogP contribution < -0.4 is 10.9 Å². The standard InChI is InChI=1S/C16H10BrClF3N5O2/c17-8-5-12(22-6-8)15(28)25-24-14(27)11-7-23-26(13(11)16(19,20)21)10-3-1-9(18)2-4-10/h1-7,22H,(H,24,27)(H,25,28). The van der Waals surface area contributed by atoms with Crippen molar-refractivity contribution in [2.45, 2.75) is 6.18 Å². The highest BCUT2D eigenvalue weighted by atomic mass is 79.9. The van der Waals surface area contributed by atoms with Gasteiger partial charge in [0.2, 0.25) is 0 Å². The van der Waals surface area contributed by atoms with Crippen LogP contribution >= 0.6 is 27.5 Å². The molecule has 0 aliphatic heterocycles. The summed E-state index contributed by atoms with van der Waals surface area (Å²) in [7, 11) is 0. The van der Waals surface area contributed by atoms with Gasteiger partial charge in [-0.3, -0.25) is 20.4 Å². The smallest absolute Gasteiger partial charge is 0.356 e. The van der Waals surface area contributed by atoms with Gasteiger partial charge < -0.3 is 4.98 Å². The molecule has 3 rings (SSSR count). The van der Waals surface area contributed by atoms with E-state index >= 15 is 0 Å². The highest BCUT2D eigenvalue weighted by molar-refractivity contribution is 9.10. The molecule has 2 amide bonds. The Kier molecular flexibility index (Phi) is 5.47. The number of hydrogen-bond acceptors (Lipinski definition) is 3. The minimum absolute atomic E-state index is 0.0658. The molecule has 3 aromatic rings. The molecular formula is C16H10BrClF3N5O2. The van der Waals surface area contributed by atoms with Crippen LogP contribution in [0.25, 0.3) is 5.69 Å². The molecule has 146 valence electrons. The van der Waals surface area contributed by atoms with E-state index in [1.165, 1.54) is 36.5 Å². The quantitative estimate of drug-likeness (QED) is 0.503. The second kappa shape index (κ2) is 7.68. The van der Waals surface area contributed by atoms with Crippen molar-refractivity contribution in [3.05, 3.63) is 69.2 Å². The lowest BCUT2D eigenvalue weighted by molar-refractivity contribution is -0.143. The van der Waals surface area contributed by atoms with Gasteiger partial charge in [-0.1, -0.05) is 11.6 Å². The number of carbonyl (C=O) groups is 2. The predicted molar refractivity (Wildman–Crippen MR) is 97.0 cm³/mol. The number of benzene rings is 1. The summed E-state index contributed by atoms with van der Waals surface area (Å²) in [5.41, 5.74) is 2.10. The number of aromatic amines is 1. The van der Waals surface area contributed by atoms with Crippen molar-refractivity contribution in [3.8, 4) is 5.69 Å². The van der Waals surface area contributed by atoms with Crippen molar-refractivity contribution in [2.24, 2.45) is 0 Å². The number of rotatable bonds is 3. The Morgan fingerprint density at radius 1 is 1.14 bits per heavy atom. The zero-order chi connectivity index (χ0) is 20.5. The van der Waals surface area contributed by atoms with E-state index in [0.717, 1.165) is 6.20 Å². The molecule has 0 bridgehead atoms. The molecule has 0 radical (unpaired) electrons. The van der Waals surface area contributed by atoms with Crippen molar-refractivity contribution in [1.82, 2.24) is 25.6 Å². The second-order valence-corrected chi connectivity index (χ2v) is 6.78. The van der Waals surface area contributed by atoms with E-state index in [2.05, 4.69) is 26.0 Å². The maximum Gasteiger partial charge on any atom is 0.434 e. The normalized spacial score (nSPS) is 11.3. The lowest BCUT2D eigenvalue weighted by atomic mass is 10.2. The van der Waals surface area contributed by atoms with Crippen LogP contribution in [0.15, 0.2) is 47.2 Å². The Labute approximate surface area is 169 Å². The van der Waals surface area contributed by atoms with Gasteiger partial charge in [0.25, 0.3) is 11.8 Å². The summed E-state index contributed by atoms with van der Waals surface area (Å²) in [6, 6.07) is 6.88. The number of nitrogens with zero attached hydrogens (tertiary/aromatic N) is 2. The molecule has 0 aliphatic rings. The van der Waals surface area contributed by atoms with E-state index in [9.17, 15) is 22.8 Å². The third kappa shape index (κ3) is 4.20. The Morgan fingerprint density at radius 3 is 2.36 bits per heavy atom. The topological polar surface area (TPSA) is 91.8 Å². The minimum Gasteiger partial charge on any atom is -0.356 e. The van der Waals surface area contributed by atoms with Crippen LogP contribution in [0.1, 0.15) is 26.5 Å². The molecular weight excluding hydrogens is 467 g/mol. The minimum atomic E-state index is -4.88. The molecule has 1 aromatic carbocycles. The molecule has 12 heteroatoms. The van der Waals surface area contributed by atoms with Crippen LogP contribution in [0.5, 0.6) is 0 Å². The Morgan fingerprint density at radius 2 is 1.79 bits per heavy atom. The lowest BCUT2D eigenvalue weighted by Crippen LogP contribution is -2.42. The number of halogens is 5. The van der Waals surface area contributed by atoms with Gasteiger partial charge >= 0.3 is 6.18 Å². The summed E-state index contributed by atoms with van der Waals surface area (Å²) in [5, 5.41) is 3.99. The number of hydrogen-bond donors (Lipinski definition) is 3. The van der Waals surface area contributed by atoms with E-state index in [-0.39, 0.29) is 11.4 Å². The van der Waals surface area contributed by atoms with Gasteiger partial charge in [0.15, 0.2) is 5.69 Å². The number of aromatic nitrogens is 3. The summed E-state index contributed by atoms with van der Waals surface area (Å²) in [5.74, 6) is -1.91. The fourth-order valence-corrected chi connectivity index (χ4v) is 2.78. The molecule has 28 heavy (non-hydrogen) atoms. The van der Waals surface area contributed by atoms with Crippen molar-refractivity contribution in [3.63, 3.8) is 0 Å². The molecule has 0 saturated heterocycles. The number of carbonyl (C=O) groups excluding carboxylic acids is 2. The van der Waals surface area contributed by atoms with E-state index in [1.54, 1.807) is 0 Å². The molecule has 0 saturated carbocycles. The largest absolute Gasteiger partial charge is 0.434 e. The first-order valence-electron chi connectivity index (χ1n) is 7.52. The van der Waals surface area contributed by atoms with Crippen LogP contribution in [-0.2, 0) is 6.18 Å². The number of nitrogens with one attached hydrogen (secondary N) is 3. The number of amides is 2. The average molecular weight is 477 g/mol. The van der Waals surface area contributed by atoms with E-state index in [0.29, 0.717) is 14.2 Å². The van der Waals surface area contributed by atoms with Gasteiger partial charge in [-0.2, -0.15) is 18.3 Å². The summed E-state index contributed by atoms with van der Waals surface area (Å²) >= 11 is 8.88. The molecule has 0 aliphatic carbocycles. The van der Waals surface area contributed by atoms with Gasteiger partial charge in [0.05, 0.1) is 17.4 Å². The number of H-pyrrole nitrogens is 1. The molecule has 0 atom stereocenters. The highest BCUT2D eigenvalue weighted by Gasteiger charge is 2.40. The number of alkyl halides is 3. The maximum atomic E-state index is 13.6. The molecule has 0 unspecified atom stereocenters. The highest BCUT2D eigenvalue weighted by Crippen LogP contribution is 2.33. The molecule has 2 heterocycles. The SMILES string of the molecule is O=C(NNC(=O)c1cnn(-c2ccc(Cl)cc2)c1C(F)(F)F)c1cc(Br)c[nH]1. The predicted octanol–water partition coefficient (Wildman–Crippen LogP) is 3.71. The van der Waals surface area contributed by atoms with Gasteiger partial charge in [0, 0.05) is 15.7 Å². The first kappa shape index (κ1) is 20.0. The fraction of sp³-hybridized carbons (Fsp3) is 0.0625. The Hall–Kier alpha value is -2.79. The monoisotopic (exact) mass is 475 g/mol. The van der Waals surface area contributed by atoms with Crippen LogP contribution in [0.2, 0.25) is 5.02 Å². The third-order valence-electron chi connectivity index (χ3n) is 3.54. The van der Waals surface area contributed by atoms with Crippen molar-refractivity contribution < 1.29 is 22.8 Å². The van der Waals surface area contributed by atoms with E-state index < -0.39 is 29.2 Å². The zero-order valence-corrected chi connectivity index (χ0v) is 16.0. The lowest BCUT2D eigenvalue weighted by Gasteiger charge is -2.13. The van der Waals surface area contributed by atoms with Gasteiger partial charge in [-0.15, -0.1) is 0 Å². The van der Waals surface area contributed by atoms with Crippen LogP contribution in [0, 0.1) is 0 Å². The first-order valence-corrected chi connectivity index (χ1v) is 8.69. The number of hydrazine groups is 1. The molecule has 0 fully saturated rings. The summed E-state index contributed by atoms with van der Waals surface area (Å²) in [4.78, 5) is 26.7. The Bertz CT molecular complexity index is 1030. The van der Waals surface area contributed by atoms with E-state index in [4.69, 9.17) is 11.6 Å². The van der Waals surface area contributed by atoms with Crippen molar-refractivity contribution >= 4 is 39.3 Å². The third-order valence-corrected chi connectivity index (χ3v) is 4.25. The molecule has 2 aromatic heterocycles. The molecule has 7 nitrogen and oxygen atoms in total. The van der Waals surface area contributed by atoms with E-state index in [1.807, 2.05) is 10.9 Å². The van der Waals surface area contributed by atoms with Gasteiger partial charge in [-0.05, 0) is 46.3 Å². The average Bonchev–Trinajstić information content (AvgIpc) is 3.26. The second-order valence-electron chi connectivity index (χ2n) is 5.43. The van der Waals surface area contributed by atoms with Crippen LogP contribution in [0.4, 0.5) is 13.2 Å².